The predicted octanol–water partition coefficient (Wildman–Crippen LogP) is 3.92. The van der Waals surface area contributed by atoms with Gasteiger partial charge in [0.25, 0.3) is 6.43 Å². The van der Waals surface area contributed by atoms with Crippen molar-refractivity contribution >= 4 is 11.6 Å². The Balaban J connectivity index is 3.44. The molecule has 1 rings (SSSR count). The first-order chi connectivity index (χ1) is 7.27. The first kappa shape index (κ1) is 13.1. The van der Waals surface area contributed by atoms with E-state index < -0.39 is 41.3 Å². The van der Waals surface area contributed by atoms with Crippen molar-refractivity contribution < 1.29 is 26.3 Å². The van der Waals surface area contributed by atoms with Gasteiger partial charge in [0, 0.05) is 0 Å². The van der Waals surface area contributed by atoms with Gasteiger partial charge < -0.3 is 0 Å². The topological polar surface area (TPSA) is 12.9 Å². The van der Waals surface area contributed by atoms with Gasteiger partial charge in [-0.05, 0) is 6.07 Å². The number of hydrogen-bond donors (Lipinski definition) is 0. The van der Waals surface area contributed by atoms with Crippen molar-refractivity contribution in [3.8, 4) is 0 Å². The Morgan fingerprint density at radius 3 is 2.25 bits per heavy atom. The number of halogens is 7. The summed E-state index contributed by atoms with van der Waals surface area (Å²) < 4.78 is 74.2. The van der Waals surface area contributed by atoms with E-state index >= 15 is 0 Å². The molecular formula is C8H4ClF6N. The van der Waals surface area contributed by atoms with Crippen molar-refractivity contribution in [2.24, 2.45) is 0 Å². The lowest BCUT2D eigenvalue weighted by Crippen LogP contribution is -2.13. The van der Waals surface area contributed by atoms with Gasteiger partial charge in [-0.25, -0.2) is 18.2 Å². The normalized spacial score (nSPS) is 12.2. The average Bonchev–Trinajstić information content (AvgIpc) is 2.15. The molecule has 1 aromatic rings. The number of alkyl halides is 6. The van der Waals surface area contributed by atoms with E-state index in [1.807, 2.05) is 0 Å². The Bertz CT molecular complexity index is 389. The molecule has 1 aromatic heterocycles. The molecule has 0 bridgehead atoms. The van der Waals surface area contributed by atoms with Gasteiger partial charge in [-0.1, -0.05) is 0 Å². The molecule has 0 aliphatic heterocycles. The summed E-state index contributed by atoms with van der Waals surface area (Å²) >= 11 is 5.18. The molecule has 0 aliphatic rings. The standard InChI is InChI=1S/C8H4ClF6N/c9-2-3-1-4(8(13,14)15)5(10)6(16-3)7(11)12/h1,7H,2H2. The summed E-state index contributed by atoms with van der Waals surface area (Å²) in [6.07, 6.45) is -8.48. The van der Waals surface area contributed by atoms with Crippen molar-refractivity contribution in [3.63, 3.8) is 0 Å². The highest BCUT2D eigenvalue weighted by Gasteiger charge is 2.37. The van der Waals surface area contributed by atoms with E-state index in [2.05, 4.69) is 4.98 Å². The molecule has 0 saturated carbocycles. The third kappa shape index (κ3) is 2.58. The van der Waals surface area contributed by atoms with Crippen LogP contribution >= 0.6 is 11.6 Å². The monoisotopic (exact) mass is 263 g/mol. The fraction of sp³-hybridized carbons (Fsp3) is 0.375. The van der Waals surface area contributed by atoms with Crippen LogP contribution in [0.3, 0.4) is 0 Å². The van der Waals surface area contributed by atoms with E-state index in [9.17, 15) is 26.3 Å². The number of pyridine rings is 1. The minimum Gasteiger partial charge on any atom is -0.247 e. The average molecular weight is 264 g/mol. The third-order valence-corrected chi connectivity index (χ3v) is 1.96. The zero-order valence-electron chi connectivity index (χ0n) is 7.45. The van der Waals surface area contributed by atoms with E-state index in [0.29, 0.717) is 6.07 Å². The van der Waals surface area contributed by atoms with Crippen LogP contribution in [-0.2, 0) is 12.1 Å². The van der Waals surface area contributed by atoms with E-state index in [1.165, 1.54) is 0 Å². The van der Waals surface area contributed by atoms with Crippen LogP contribution in [0.1, 0.15) is 23.4 Å². The van der Waals surface area contributed by atoms with Crippen LogP contribution < -0.4 is 0 Å². The van der Waals surface area contributed by atoms with Crippen LogP contribution in [0.25, 0.3) is 0 Å². The molecule has 16 heavy (non-hydrogen) atoms. The molecule has 1 heterocycles. The Morgan fingerprint density at radius 2 is 1.88 bits per heavy atom. The molecule has 1 nitrogen and oxygen atoms in total. The minimum atomic E-state index is -5.06. The summed E-state index contributed by atoms with van der Waals surface area (Å²) in [6, 6.07) is 0.314. The zero-order chi connectivity index (χ0) is 12.5. The first-order valence-electron chi connectivity index (χ1n) is 3.88. The summed E-state index contributed by atoms with van der Waals surface area (Å²) in [7, 11) is 0. The van der Waals surface area contributed by atoms with Gasteiger partial charge in [0.05, 0.1) is 17.1 Å². The van der Waals surface area contributed by atoms with Gasteiger partial charge in [-0.3, -0.25) is 0 Å². The van der Waals surface area contributed by atoms with Crippen molar-refractivity contribution in [2.45, 2.75) is 18.5 Å². The minimum absolute atomic E-state index is 0.314. The molecular weight excluding hydrogens is 260 g/mol. The summed E-state index contributed by atoms with van der Waals surface area (Å²) in [5.41, 5.74) is -3.77. The molecule has 0 radical (unpaired) electrons. The van der Waals surface area contributed by atoms with Gasteiger partial charge in [0.1, 0.15) is 5.69 Å². The second-order valence-corrected chi connectivity index (χ2v) is 3.06. The van der Waals surface area contributed by atoms with Crippen LogP contribution in [-0.4, -0.2) is 4.98 Å². The van der Waals surface area contributed by atoms with Crippen molar-refractivity contribution in [1.82, 2.24) is 4.98 Å². The van der Waals surface area contributed by atoms with Gasteiger partial charge >= 0.3 is 6.18 Å². The van der Waals surface area contributed by atoms with Gasteiger partial charge in [-0.2, -0.15) is 13.2 Å². The summed E-state index contributed by atoms with van der Waals surface area (Å²) in [5.74, 6) is -2.57. The molecule has 0 amide bonds. The Hall–Kier alpha value is -0.980. The maximum Gasteiger partial charge on any atom is 0.419 e. The van der Waals surface area contributed by atoms with E-state index in [-0.39, 0.29) is 0 Å². The highest BCUT2D eigenvalue weighted by molar-refractivity contribution is 6.16. The van der Waals surface area contributed by atoms with E-state index in [4.69, 9.17) is 11.6 Å². The van der Waals surface area contributed by atoms with Crippen LogP contribution in [0, 0.1) is 5.82 Å². The SMILES string of the molecule is Fc1c(C(F)(F)F)cc(CCl)nc1C(F)F. The summed E-state index contributed by atoms with van der Waals surface area (Å²) in [6.45, 7) is 0. The van der Waals surface area contributed by atoms with Gasteiger partial charge in [0.15, 0.2) is 5.82 Å². The highest BCUT2D eigenvalue weighted by Crippen LogP contribution is 2.35. The quantitative estimate of drug-likeness (QED) is 0.582. The van der Waals surface area contributed by atoms with Gasteiger partial charge in [0.2, 0.25) is 0 Å². The van der Waals surface area contributed by atoms with E-state index in [0.717, 1.165) is 0 Å². The molecule has 0 unspecified atom stereocenters. The lowest BCUT2D eigenvalue weighted by molar-refractivity contribution is -0.140. The molecule has 0 atom stereocenters. The maximum atomic E-state index is 13.0. The lowest BCUT2D eigenvalue weighted by Gasteiger charge is -2.11. The lowest BCUT2D eigenvalue weighted by atomic mass is 10.1. The number of nitrogens with zero attached hydrogens (tertiary/aromatic N) is 1. The molecule has 0 spiro atoms. The second-order valence-electron chi connectivity index (χ2n) is 2.79. The highest BCUT2D eigenvalue weighted by atomic mass is 35.5. The first-order valence-corrected chi connectivity index (χ1v) is 4.41. The molecule has 0 N–H and O–H groups in total. The van der Waals surface area contributed by atoms with Crippen LogP contribution in [0.2, 0.25) is 0 Å². The third-order valence-electron chi connectivity index (χ3n) is 1.69. The van der Waals surface area contributed by atoms with E-state index in [1.54, 1.807) is 0 Å². The number of aromatic nitrogens is 1. The predicted molar refractivity (Wildman–Crippen MR) is 43.7 cm³/mol. The molecule has 0 aliphatic carbocycles. The Labute approximate surface area is 91.0 Å². The number of rotatable bonds is 2. The smallest absolute Gasteiger partial charge is 0.247 e. The summed E-state index contributed by atoms with van der Waals surface area (Å²) in [4.78, 5) is 3.01. The molecule has 0 aromatic carbocycles. The molecule has 0 fully saturated rings. The van der Waals surface area contributed by atoms with Crippen molar-refractivity contribution in [1.29, 1.82) is 0 Å². The molecule has 8 heteroatoms. The van der Waals surface area contributed by atoms with Gasteiger partial charge in [-0.15, -0.1) is 11.6 Å². The fourth-order valence-electron chi connectivity index (χ4n) is 1.02. The Morgan fingerprint density at radius 1 is 1.31 bits per heavy atom. The molecule has 90 valence electrons. The van der Waals surface area contributed by atoms with Crippen molar-refractivity contribution in [3.05, 3.63) is 28.8 Å². The fourth-order valence-corrected chi connectivity index (χ4v) is 1.16. The number of hydrogen-bond acceptors (Lipinski definition) is 1. The summed E-state index contributed by atoms with van der Waals surface area (Å²) in [5, 5.41) is 0. The van der Waals surface area contributed by atoms with Crippen LogP contribution in [0.5, 0.6) is 0 Å². The largest absolute Gasteiger partial charge is 0.419 e. The van der Waals surface area contributed by atoms with Crippen LogP contribution in [0.15, 0.2) is 6.07 Å². The zero-order valence-corrected chi connectivity index (χ0v) is 8.21. The maximum absolute atomic E-state index is 13.0. The second kappa shape index (κ2) is 4.48. The molecule has 0 saturated heterocycles. The Kier molecular flexibility index (Phi) is 3.67. The van der Waals surface area contributed by atoms with Crippen molar-refractivity contribution in [2.75, 3.05) is 0 Å². The van der Waals surface area contributed by atoms with Crippen LogP contribution in [0.4, 0.5) is 26.3 Å².